The molecule has 4 rings (SSSR count). The molecule has 3 N–H and O–H groups in total. The largest absolute Gasteiger partial charge is 0.484 e. The molecule has 0 saturated heterocycles. The van der Waals surface area contributed by atoms with E-state index >= 15 is 0 Å². The summed E-state index contributed by atoms with van der Waals surface area (Å²) in [5.41, 5.74) is 0.0802. The van der Waals surface area contributed by atoms with Crippen molar-refractivity contribution in [2.24, 2.45) is 11.8 Å². The lowest BCUT2D eigenvalue weighted by molar-refractivity contribution is -0.139. The molecule has 1 aromatic carbocycles. The van der Waals surface area contributed by atoms with E-state index in [1.54, 1.807) is 12.1 Å². The van der Waals surface area contributed by atoms with E-state index < -0.39 is 23.4 Å². The van der Waals surface area contributed by atoms with Crippen LogP contribution in [0.1, 0.15) is 37.8 Å². The number of fused-ring (bicyclic) bond motifs is 2. The minimum absolute atomic E-state index is 0.0249. The summed E-state index contributed by atoms with van der Waals surface area (Å²) in [6.45, 7) is -0.0436. The van der Waals surface area contributed by atoms with Gasteiger partial charge in [0.05, 0.1) is 34.3 Å². The van der Waals surface area contributed by atoms with Crippen molar-refractivity contribution in [1.29, 1.82) is 0 Å². The van der Waals surface area contributed by atoms with E-state index in [1.807, 2.05) is 0 Å². The van der Waals surface area contributed by atoms with Gasteiger partial charge in [0.2, 0.25) is 5.91 Å². The van der Waals surface area contributed by atoms with E-state index in [-0.39, 0.29) is 48.1 Å². The van der Waals surface area contributed by atoms with Gasteiger partial charge < -0.3 is 20.5 Å². The maximum atomic E-state index is 13.6. The van der Waals surface area contributed by atoms with Crippen LogP contribution in [0, 0.1) is 17.7 Å². The lowest BCUT2D eigenvalue weighted by Crippen LogP contribution is -2.61. The van der Waals surface area contributed by atoms with E-state index in [9.17, 15) is 19.1 Å². The number of pyridine rings is 1. The highest BCUT2D eigenvalue weighted by atomic mass is 35.5. The molecule has 2 saturated carbocycles. The Bertz CT molecular complexity index is 1050. The number of hydrogen-bond acceptors (Lipinski definition) is 5. The molecular formula is C24H26Cl2FN3O4. The van der Waals surface area contributed by atoms with Gasteiger partial charge in [0.25, 0.3) is 5.91 Å². The number of ether oxygens (including phenoxy) is 1. The number of carbonyl (C=O) groups is 2. The highest BCUT2D eigenvalue weighted by Crippen LogP contribution is 2.46. The van der Waals surface area contributed by atoms with Gasteiger partial charge in [-0.2, -0.15) is 0 Å². The maximum absolute atomic E-state index is 13.6. The Labute approximate surface area is 207 Å². The van der Waals surface area contributed by atoms with Gasteiger partial charge in [-0.15, -0.1) is 0 Å². The van der Waals surface area contributed by atoms with Crippen LogP contribution in [-0.4, -0.2) is 40.2 Å². The number of rotatable bonds is 7. The number of benzene rings is 1. The summed E-state index contributed by atoms with van der Waals surface area (Å²) in [5.74, 6) is -1.61. The zero-order chi connectivity index (χ0) is 24.3. The molecule has 2 aromatic rings. The molecule has 7 nitrogen and oxygen atoms in total. The van der Waals surface area contributed by atoms with Gasteiger partial charge in [0.1, 0.15) is 11.6 Å². The van der Waals surface area contributed by atoms with Crippen molar-refractivity contribution in [2.75, 3.05) is 6.61 Å². The third-order valence-corrected chi connectivity index (χ3v) is 7.14. The molecule has 1 heterocycles. The predicted molar refractivity (Wildman–Crippen MR) is 125 cm³/mol. The fourth-order valence-corrected chi connectivity index (χ4v) is 5.38. The normalized spacial score (nSPS) is 25.9. The summed E-state index contributed by atoms with van der Waals surface area (Å²) in [5, 5.41) is 17.3. The Hall–Kier alpha value is -2.42. The second-order valence-electron chi connectivity index (χ2n) is 9.03. The van der Waals surface area contributed by atoms with E-state index in [0.29, 0.717) is 23.6 Å². The van der Waals surface area contributed by atoms with Gasteiger partial charge in [-0.3, -0.25) is 14.6 Å². The third kappa shape index (κ3) is 5.79. The zero-order valence-electron chi connectivity index (χ0n) is 18.4. The first-order chi connectivity index (χ1) is 16.2. The zero-order valence-corrected chi connectivity index (χ0v) is 19.9. The number of nitrogens with zero attached hydrogens (tertiary/aromatic N) is 1. The molecule has 2 bridgehead atoms. The van der Waals surface area contributed by atoms with E-state index in [1.165, 1.54) is 18.3 Å². The molecule has 10 heteroatoms. The summed E-state index contributed by atoms with van der Waals surface area (Å²) in [6.07, 6.45) is 3.86. The average molecular weight is 510 g/mol. The lowest BCUT2D eigenvalue weighted by Gasteiger charge is -2.50. The molecule has 34 heavy (non-hydrogen) atoms. The van der Waals surface area contributed by atoms with Crippen molar-refractivity contribution < 1.29 is 23.8 Å². The summed E-state index contributed by atoms with van der Waals surface area (Å²) < 4.78 is 19.0. The van der Waals surface area contributed by atoms with Gasteiger partial charge >= 0.3 is 0 Å². The van der Waals surface area contributed by atoms with Gasteiger partial charge in [-0.05, 0) is 55.9 Å². The van der Waals surface area contributed by atoms with Crippen molar-refractivity contribution in [3.8, 4) is 5.75 Å². The molecule has 0 radical (unpaired) electrons. The maximum Gasteiger partial charge on any atom is 0.258 e. The fourth-order valence-electron chi connectivity index (χ4n) is 5.15. The Morgan fingerprint density at radius 3 is 2.79 bits per heavy atom. The Balaban J connectivity index is 1.33. The molecule has 0 aliphatic heterocycles. The van der Waals surface area contributed by atoms with E-state index in [4.69, 9.17) is 27.9 Å². The second kappa shape index (κ2) is 10.5. The van der Waals surface area contributed by atoms with Crippen molar-refractivity contribution in [3.05, 3.63) is 58.1 Å². The SMILES string of the molecule is O=C(COc1ccc(Cl)c(F)c1)NC12CCCC(C1)C(C(=O)NCc1ccc(Cl)cn1)C(O)C2. The number of halogens is 3. The molecule has 2 amide bonds. The number of nitrogens with one attached hydrogen (secondary N) is 2. The van der Waals surface area contributed by atoms with Crippen LogP contribution in [0.25, 0.3) is 0 Å². The highest BCUT2D eigenvalue weighted by molar-refractivity contribution is 6.30. The van der Waals surface area contributed by atoms with Crippen molar-refractivity contribution >= 4 is 35.0 Å². The number of amides is 2. The second-order valence-corrected chi connectivity index (χ2v) is 9.88. The Morgan fingerprint density at radius 1 is 1.24 bits per heavy atom. The third-order valence-electron chi connectivity index (χ3n) is 6.61. The monoisotopic (exact) mass is 509 g/mol. The summed E-state index contributed by atoms with van der Waals surface area (Å²) in [7, 11) is 0. The van der Waals surface area contributed by atoms with Crippen LogP contribution < -0.4 is 15.4 Å². The van der Waals surface area contributed by atoms with Gasteiger partial charge in [-0.25, -0.2) is 4.39 Å². The molecule has 4 atom stereocenters. The average Bonchev–Trinajstić information content (AvgIpc) is 2.79. The van der Waals surface area contributed by atoms with Crippen LogP contribution in [0.2, 0.25) is 10.0 Å². The number of aromatic nitrogens is 1. The van der Waals surface area contributed by atoms with Crippen molar-refractivity contribution in [3.63, 3.8) is 0 Å². The van der Waals surface area contributed by atoms with Crippen LogP contribution >= 0.6 is 23.2 Å². The quantitative estimate of drug-likeness (QED) is 0.528. The van der Waals surface area contributed by atoms with Crippen LogP contribution in [0.5, 0.6) is 5.75 Å². The topological polar surface area (TPSA) is 101 Å². The van der Waals surface area contributed by atoms with E-state index in [0.717, 1.165) is 18.9 Å². The van der Waals surface area contributed by atoms with Gasteiger partial charge in [0.15, 0.2) is 6.61 Å². The van der Waals surface area contributed by atoms with Crippen LogP contribution in [0.15, 0.2) is 36.5 Å². The summed E-state index contributed by atoms with van der Waals surface area (Å²) in [6, 6.07) is 7.41. The van der Waals surface area contributed by atoms with Crippen molar-refractivity contribution in [2.45, 2.75) is 50.3 Å². The highest BCUT2D eigenvalue weighted by Gasteiger charge is 2.50. The van der Waals surface area contributed by atoms with E-state index in [2.05, 4.69) is 15.6 Å². The van der Waals surface area contributed by atoms with Crippen LogP contribution in [0.4, 0.5) is 4.39 Å². The Morgan fingerprint density at radius 2 is 2.06 bits per heavy atom. The Kier molecular flexibility index (Phi) is 7.60. The summed E-state index contributed by atoms with van der Waals surface area (Å²) >= 11 is 11.5. The number of aliphatic hydroxyl groups excluding tert-OH is 1. The minimum atomic E-state index is -0.885. The number of carbonyl (C=O) groups excluding carboxylic acids is 2. The smallest absolute Gasteiger partial charge is 0.258 e. The molecule has 182 valence electrons. The molecule has 2 aliphatic carbocycles. The molecule has 4 unspecified atom stereocenters. The molecular weight excluding hydrogens is 484 g/mol. The fraction of sp³-hybridized carbons (Fsp3) is 0.458. The predicted octanol–water partition coefficient (Wildman–Crippen LogP) is 3.65. The molecule has 2 aliphatic rings. The van der Waals surface area contributed by atoms with Crippen LogP contribution in [-0.2, 0) is 16.1 Å². The van der Waals surface area contributed by atoms with Gasteiger partial charge in [-0.1, -0.05) is 29.6 Å². The lowest BCUT2D eigenvalue weighted by atomic mass is 9.61. The van der Waals surface area contributed by atoms with Crippen LogP contribution in [0.3, 0.4) is 0 Å². The van der Waals surface area contributed by atoms with Gasteiger partial charge in [0, 0.05) is 17.8 Å². The molecule has 2 fully saturated rings. The first-order valence-electron chi connectivity index (χ1n) is 11.2. The summed E-state index contributed by atoms with van der Waals surface area (Å²) in [4.78, 5) is 29.7. The first kappa shape index (κ1) is 24.7. The number of aliphatic hydroxyl groups is 1. The molecule has 1 aromatic heterocycles. The van der Waals surface area contributed by atoms with Crippen molar-refractivity contribution in [1.82, 2.24) is 15.6 Å². The molecule has 0 spiro atoms. The standard InChI is InChI=1S/C24H26Cl2FN3O4/c25-15-3-4-16(28-11-15)12-29-23(33)22-14-2-1-7-24(9-14,10-20(22)31)30-21(32)13-34-17-5-6-18(26)19(27)8-17/h3-6,8,11,14,20,22,31H,1-2,7,9-10,12-13H2,(H,29,33)(H,30,32). The first-order valence-corrected chi connectivity index (χ1v) is 12.0. The number of hydrogen-bond donors (Lipinski definition) is 3. The minimum Gasteiger partial charge on any atom is -0.484 e.